The molecule has 24 nitrogen and oxygen atoms in total. The van der Waals surface area contributed by atoms with Crippen LogP contribution in [0.2, 0.25) is 0 Å². The van der Waals surface area contributed by atoms with Gasteiger partial charge in [-0.1, -0.05) is 22.9 Å². The molecule has 11 atom stereocenters. The first kappa shape index (κ1) is 41.9. The number of hydrogen-bond acceptors (Lipinski definition) is 19. The van der Waals surface area contributed by atoms with Crippen molar-refractivity contribution in [1.29, 1.82) is 0 Å². The van der Waals surface area contributed by atoms with Crippen LogP contribution >= 0.6 is 7.82 Å². The Bertz CT molecular complexity index is 2100. The molecule has 0 radical (unpaired) electrons. The third-order valence-electron chi connectivity index (χ3n) is 8.63. The van der Waals surface area contributed by atoms with Crippen LogP contribution < -0.4 is 16.7 Å². The Kier molecular flexibility index (Phi) is 12.3. The number of aromatic nitrogens is 5. The summed E-state index contributed by atoms with van der Waals surface area (Å²) in [5.41, 5.74) is 5.28. The highest BCUT2D eigenvalue weighted by atomic mass is 32.2. The monoisotopic (exact) mass is 819 g/mol. The first-order valence-electron chi connectivity index (χ1n) is 16.1. The molecule has 302 valence electrons. The number of nitrogen functional groups attached to an aromatic ring is 1. The van der Waals surface area contributed by atoms with E-state index in [0.717, 1.165) is 34.1 Å². The van der Waals surface area contributed by atoms with Crippen LogP contribution in [-0.4, -0.2) is 142 Å². The number of hydrogen-bond donors (Lipinski definition) is 9. The first-order valence-corrected chi connectivity index (χ1v) is 19.1. The summed E-state index contributed by atoms with van der Waals surface area (Å²) in [7, 11) is -9.80. The van der Waals surface area contributed by atoms with E-state index in [4.69, 9.17) is 24.3 Å². The Morgan fingerprint density at radius 2 is 1.84 bits per heavy atom. The van der Waals surface area contributed by atoms with Crippen molar-refractivity contribution in [3.63, 3.8) is 0 Å². The van der Waals surface area contributed by atoms with E-state index in [1.54, 1.807) is 19.1 Å². The largest absolute Gasteiger partial charge is 0.477 e. The van der Waals surface area contributed by atoms with Gasteiger partial charge in [0, 0.05) is 19.5 Å². The predicted octanol–water partition coefficient (Wildman–Crippen LogP) is -3.83. The molecule has 0 saturated carbocycles. The van der Waals surface area contributed by atoms with Gasteiger partial charge in [0.25, 0.3) is 5.79 Å². The molecule has 2 aromatic heterocycles. The third-order valence-corrected chi connectivity index (χ3v) is 11.3. The Hall–Kier alpha value is -4.24. The van der Waals surface area contributed by atoms with Gasteiger partial charge in [0.15, 0.2) is 6.23 Å². The third kappa shape index (κ3) is 9.09. The lowest BCUT2D eigenvalue weighted by Gasteiger charge is -2.46. The number of nitrogens with zero attached hydrogens (tertiary/aromatic N) is 5. The molecule has 1 aromatic carbocycles. The number of carboxylic acid groups (broad SMARTS) is 1. The van der Waals surface area contributed by atoms with E-state index < -0.39 is 121 Å². The van der Waals surface area contributed by atoms with Gasteiger partial charge in [-0.15, -0.1) is 5.10 Å². The highest BCUT2D eigenvalue weighted by molar-refractivity contribution is 7.91. The van der Waals surface area contributed by atoms with Crippen molar-refractivity contribution in [1.82, 2.24) is 29.9 Å². The van der Waals surface area contributed by atoms with Crippen molar-refractivity contribution in [2.75, 3.05) is 12.3 Å². The molecular formula is C29H38N7O17PS. The van der Waals surface area contributed by atoms with Crippen LogP contribution in [0.15, 0.2) is 57.4 Å². The van der Waals surface area contributed by atoms with E-state index in [1.165, 1.54) is 18.2 Å². The van der Waals surface area contributed by atoms with Crippen molar-refractivity contribution < 1.29 is 76.6 Å². The van der Waals surface area contributed by atoms with Crippen molar-refractivity contribution in [3.8, 4) is 0 Å². The van der Waals surface area contributed by atoms with E-state index in [0.29, 0.717) is 0 Å². The van der Waals surface area contributed by atoms with Gasteiger partial charge in [-0.05, 0) is 25.1 Å². The Morgan fingerprint density at radius 1 is 1.16 bits per heavy atom. The second-order valence-electron chi connectivity index (χ2n) is 12.7. The number of carboxylic acids is 1. The maximum absolute atomic E-state index is 13.2. The van der Waals surface area contributed by atoms with Crippen LogP contribution in [0.25, 0.3) is 0 Å². The first-order chi connectivity index (χ1) is 25.6. The van der Waals surface area contributed by atoms with E-state index in [9.17, 15) is 62.9 Å². The zero-order chi connectivity index (χ0) is 40.6. The molecule has 1 unspecified atom stereocenters. The number of phosphoric acid groups is 1. The van der Waals surface area contributed by atoms with Crippen molar-refractivity contribution in [3.05, 3.63) is 58.8 Å². The second kappa shape index (κ2) is 16.1. The number of amides is 1. The topological polar surface area (TPSA) is 368 Å². The smallest absolute Gasteiger partial charge is 0.475 e. The minimum Gasteiger partial charge on any atom is -0.477 e. The molecule has 55 heavy (non-hydrogen) atoms. The molecule has 1 amide bonds. The number of carbonyl (C=O) groups is 2. The fraction of sp³-hybridized carbons (Fsp3) is 0.517. The summed E-state index contributed by atoms with van der Waals surface area (Å²) in [6.45, 7) is 0.987. The maximum atomic E-state index is 13.2. The summed E-state index contributed by atoms with van der Waals surface area (Å²) >= 11 is 0. The van der Waals surface area contributed by atoms with Crippen LogP contribution in [0.3, 0.4) is 0 Å². The zero-order valence-electron chi connectivity index (χ0n) is 28.7. The average molecular weight is 820 g/mol. The van der Waals surface area contributed by atoms with Crippen LogP contribution in [0, 0.1) is 6.92 Å². The number of phosphoric ester groups is 1. The van der Waals surface area contributed by atoms with Crippen molar-refractivity contribution in [2.45, 2.75) is 97.5 Å². The minimum atomic E-state index is -5.64. The number of ether oxygens (including phenoxy) is 2. The maximum Gasteiger partial charge on any atom is 0.475 e. The number of benzene rings is 1. The molecule has 10 N–H and O–H groups in total. The number of nitrogens with one attached hydrogen (secondary N) is 1. The molecule has 5 rings (SSSR count). The van der Waals surface area contributed by atoms with Crippen LogP contribution in [0.4, 0.5) is 5.82 Å². The number of anilines is 1. The molecule has 4 heterocycles. The van der Waals surface area contributed by atoms with Gasteiger partial charge in [-0.3, -0.25) is 13.9 Å². The average Bonchev–Trinajstić information content (AvgIpc) is 3.68. The molecule has 2 fully saturated rings. The van der Waals surface area contributed by atoms with Gasteiger partial charge in [0.05, 0.1) is 36.4 Å². The number of sulfone groups is 1. The Morgan fingerprint density at radius 3 is 2.45 bits per heavy atom. The van der Waals surface area contributed by atoms with Gasteiger partial charge in [-0.2, -0.15) is 4.98 Å². The molecule has 2 aliphatic heterocycles. The quantitative estimate of drug-likeness (QED) is 0.0703. The molecule has 2 aliphatic rings. The summed E-state index contributed by atoms with van der Waals surface area (Å²) in [5.74, 6) is -6.41. The highest BCUT2D eigenvalue weighted by Crippen LogP contribution is 2.51. The van der Waals surface area contributed by atoms with E-state index in [-0.39, 0.29) is 10.7 Å². The fourth-order valence-corrected chi connectivity index (χ4v) is 7.94. The van der Waals surface area contributed by atoms with Crippen molar-refractivity contribution in [2.24, 2.45) is 0 Å². The van der Waals surface area contributed by atoms with E-state index in [2.05, 4.69) is 20.6 Å². The summed E-state index contributed by atoms with van der Waals surface area (Å²) in [5, 5.41) is 73.3. The number of nitrogens with two attached hydrogens (primary N) is 1. The molecule has 0 aliphatic carbocycles. The van der Waals surface area contributed by atoms with Crippen LogP contribution in [-0.2, 0) is 49.1 Å². The van der Waals surface area contributed by atoms with Crippen LogP contribution in [0.1, 0.15) is 25.1 Å². The lowest BCUT2D eigenvalue weighted by Crippen LogP contribution is -2.67. The number of aliphatic hydroxyl groups is 5. The lowest BCUT2D eigenvalue weighted by atomic mass is 9.88. The van der Waals surface area contributed by atoms with E-state index in [1.807, 2.05) is 0 Å². The van der Waals surface area contributed by atoms with Crippen molar-refractivity contribution >= 4 is 35.4 Å². The van der Waals surface area contributed by atoms with Gasteiger partial charge in [0.2, 0.25) is 20.8 Å². The Labute approximate surface area is 310 Å². The molecule has 0 bridgehead atoms. The van der Waals surface area contributed by atoms with Gasteiger partial charge in [-0.25, -0.2) is 31.8 Å². The number of aliphatic hydroxyl groups excluding tert-OH is 5. The van der Waals surface area contributed by atoms with E-state index >= 15 is 0 Å². The second-order valence-corrected chi connectivity index (χ2v) is 16.0. The summed E-state index contributed by atoms with van der Waals surface area (Å²) in [4.78, 5) is 50.8. The normalized spacial score (nSPS) is 29.3. The van der Waals surface area contributed by atoms with Gasteiger partial charge >= 0.3 is 19.5 Å². The SMILES string of the molecule is CC(=O)N[C@H]1[C@H]([C@H](O)[C@H](O)Cn2cc(S(=O)(=O)c3ccc(C)cc3)nn2)O[C@](OP(=O)(O)OC[C@H]2O[C@@H](n3ccc(N)nc3=O)[C@H](O)[C@@H]2O)(C(=O)O)C[C@@H]1O. The van der Waals surface area contributed by atoms with Gasteiger partial charge in [0.1, 0.15) is 42.4 Å². The van der Waals surface area contributed by atoms with Gasteiger partial charge < -0.3 is 56.1 Å². The number of rotatable bonds is 14. The molecule has 0 spiro atoms. The fourth-order valence-electron chi connectivity index (χ4n) is 5.84. The van der Waals surface area contributed by atoms with Crippen LogP contribution in [0.5, 0.6) is 0 Å². The summed E-state index contributed by atoms with van der Waals surface area (Å²) < 4.78 is 61.5. The number of carbonyl (C=O) groups excluding carboxylic acids is 1. The highest BCUT2D eigenvalue weighted by Gasteiger charge is 2.59. The molecular weight excluding hydrogens is 781 g/mol. The predicted molar refractivity (Wildman–Crippen MR) is 178 cm³/mol. The lowest BCUT2D eigenvalue weighted by molar-refractivity contribution is -0.288. The summed E-state index contributed by atoms with van der Waals surface area (Å²) in [6, 6.07) is 5.34. The number of aliphatic carboxylic acids is 1. The number of aryl methyl sites for hydroxylation is 1. The molecule has 2 saturated heterocycles. The Balaban J connectivity index is 1.32. The zero-order valence-corrected chi connectivity index (χ0v) is 30.5. The molecule has 3 aromatic rings. The standard InChI is InChI=1S/C29H38N7O17PS/c1-13-3-5-15(6-4-13)55(48,49)20-11-35(34-33-20)10-17(39)22(40)25-21(31-14(2)37)16(38)9-29(52-25,27(43)44)53-54(46,47)50-12-18-23(41)24(42)26(51-18)36-8-7-19(30)32-28(36)45/h3-8,11,16-18,21-26,38-42H,9-10,12H2,1-2H3,(H,31,37)(H,43,44)(H,46,47)(H2,30,32,45)/t16-,17+,18+,21+,22+,23+,24+,25+,26+,29+/m0/s1. The minimum absolute atomic E-state index is 0.107. The molecule has 26 heteroatoms. The summed E-state index contributed by atoms with van der Waals surface area (Å²) in [6.07, 6.45) is -14.3.